The Balaban J connectivity index is 2.08. The minimum absolute atomic E-state index is 0.173. The topological polar surface area (TPSA) is 12.0 Å². The summed E-state index contributed by atoms with van der Waals surface area (Å²) in [6, 6.07) is 11.7. The monoisotopic (exact) mass is 335 g/mol. The van der Waals surface area contributed by atoms with E-state index in [2.05, 4.69) is 60.2 Å². The number of benzene rings is 2. The van der Waals surface area contributed by atoms with Gasteiger partial charge in [0.05, 0.1) is 0 Å². The van der Waals surface area contributed by atoms with E-state index >= 15 is 0 Å². The van der Waals surface area contributed by atoms with Crippen LogP contribution in [0.4, 0.5) is 4.39 Å². The molecule has 0 aliphatic heterocycles. The van der Waals surface area contributed by atoms with Crippen molar-refractivity contribution >= 4 is 15.9 Å². The van der Waals surface area contributed by atoms with Crippen molar-refractivity contribution in [3.63, 3.8) is 0 Å². The smallest absolute Gasteiger partial charge is 0.127 e. The van der Waals surface area contributed by atoms with Gasteiger partial charge in [0.1, 0.15) is 5.82 Å². The van der Waals surface area contributed by atoms with Crippen LogP contribution in [-0.4, -0.2) is 0 Å². The molecule has 2 rings (SSSR count). The third-order valence-corrected chi connectivity index (χ3v) is 3.84. The minimum Gasteiger partial charge on any atom is -0.306 e. The molecule has 0 fully saturated rings. The van der Waals surface area contributed by atoms with Crippen LogP contribution in [0.5, 0.6) is 0 Å². The summed E-state index contributed by atoms with van der Waals surface area (Å²) in [5, 5.41) is 3.38. The summed E-state index contributed by atoms with van der Waals surface area (Å²) in [5.74, 6) is -0.173. The highest BCUT2D eigenvalue weighted by Crippen LogP contribution is 2.19. The average Bonchev–Trinajstić information content (AvgIpc) is 2.38. The van der Waals surface area contributed by atoms with E-state index in [9.17, 15) is 4.39 Å². The number of nitrogens with one attached hydrogen (secondary N) is 1. The maximum Gasteiger partial charge on any atom is 0.127 e. The van der Waals surface area contributed by atoms with E-state index in [1.807, 2.05) is 6.07 Å². The summed E-state index contributed by atoms with van der Waals surface area (Å²) >= 11 is 3.37. The van der Waals surface area contributed by atoms with Crippen LogP contribution in [0.3, 0.4) is 0 Å². The average molecular weight is 336 g/mol. The largest absolute Gasteiger partial charge is 0.306 e. The zero-order valence-corrected chi connectivity index (χ0v) is 13.6. The van der Waals surface area contributed by atoms with Gasteiger partial charge in [-0.2, -0.15) is 0 Å². The van der Waals surface area contributed by atoms with Crippen LogP contribution in [0, 0.1) is 19.7 Å². The molecule has 0 aliphatic carbocycles. The third kappa shape index (κ3) is 3.90. The number of rotatable bonds is 4. The molecule has 20 heavy (non-hydrogen) atoms. The van der Waals surface area contributed by atoms with E-state index in [4.69, 9.17) is 0 Å². The molecule has 0 saturated heterocycles. The molecule has 0 aromatic heterocycles. The third-order valence-electron chi connectivity index (χ3n) is 3.35. The summed E-state index contributed by atoms with van der Waals surface area (Å²) in [6.45, 7) is 6.80. The first-order valence-electron chi connectivity index (χ1n) is 6.71. The quantitative estimate of drug-likeness (QED) is 0.823. The lowest BCUT2D eigenvalue weighted by molar-refractivity contribution is 0.543. The van der Waals surface area contributed by atoms with Crippen LogP contribution >= 0.6 is 15.9 Å². The second kappa shape index (κ2) is 6.51. The van der Waals surface area contributed by atoms with E-state index < -0.39 is 0 Å². The Hall–Kier alpha value is -1.19. The predicted octanol–water partition coefficient (Wildman–Crippen LogP) is 5.06. The molecule has 0 bridgehead atoms. The molecule has 1 nitrogen and oxygen atoms in total. The summed E-state index contributed by atoms with van der Waals surface area (Å²) in [7, 11) is 0. The van der Waals surface area contributed by atoms with Crippen molar-refractivity contribution in [3.8, 4) is 0 Å². The van der Waals surface area contributed by atoms with Crippen molar-refractivity contribution in [3.05, 3.63) is 68.9 Å². The molecule has 1 atom stereocenters. The normalized spacial score (nSPS) is 12.4. The van der Waals surface area contributed by atoms with Crippen molar-refractivity contribution in [2.75, 3.05) is 0 Å². The number of aryl methyl sites for hydroxylation is 2. The molecular weight excluding hydrogens is 317 g/mol. The van der Waals surface area contributed by atoms with Gasteiger partial charge in [0, 0.05) is 22.6 Å². The molecule has 0 aliphatic rings. The SMILES string of the molecule is Cc1cc(C)cc(C(C)NCc2cc(Br)ccc2F)c1. The van der Waals surface area contributed by atoms with Gasteiger partial charge in [-0.05, 0) is 44.5 Å². The molecule has 1 unspecified atom stereocenters. The van der Waals surface area contributed by atoms with Crippen LogP contribution in [0.2, 0.25) is 0 Å². The molecule has 2 aromatic carbocycles. The molecule has 0 amide bonds. The molecule has 3 heteroatoms. The van der Waals surface area contributed by atoms with Crippen molar-refractivity contribution < 1.29 is 4.39 Å². The van der Waals surface area contributed by atoms with Crippen molar-refractivity contribution in [2.45, 2.75) is 33.4 Å². The Morgan fingerprint density at radius 2 is 1.75 bits per heavy atom. The number of hydrogen-bond donors (Lipinski definition) is 1. The summed E-state index contributed by atoms with van der Waals surface area (Å²) < 4.78 is 14.6. The predicted molar refractivity (Wildman–Crippen MR) is 85.3 cm³/mol. The molecule has 0 heterocycles. The van der Waals surface area contributed by atoms with Crippen LogP contribution in [0.25, 0.3) is 0 Å². The van der Waals surface area contributed by atoms with Gasteiger partial charge in [-0.25, -0.2) is 4.39 Å². The second-order valence-corrected chi connectivity index (χ2v) is 6.18. The Kier molecular flexibility index (Phi) is 4.95. The molecule has 0 spiro atoms. The summed E-state index contributed by atoms with van der Waals surface area (Å²) in [6.07, 6.45) is 0. The van der Waals surface area contributed by atoms with Gasteiger partial charge in [0.15, 0.2) is 0 Å². The van der Waals surface area contributed by atoms with Gasteiger partial charge in [-0.1, -0.05) is 45.3 Å². The Morgan fingerprint density at radius 1 is 1.10 bits per heavy atom. The molecule has 1 N–H and O–H groups in total. The zero-order valence-electron chi connectivity index (χ0n) is 12.0. The fourth-order valence-corrected chi connectivity index (χ4v) is 2.73. The molecule has 0 radical (unpaired) electrons. The highest BCUT2D eigenvalue weighted by molar-refractivity contribution is 9.10. The Labute approximate surface area is 128 Å². The Morgan fingerprint density at radius 3 is 2.40 bits per heavy atom. The highest BCUT2D eigenvalue weighted by atomic mass is 79.9. The Bertz CT molecular complexity index is 590. The molecular formula is C17H19BrFN. The lowest BCUT2D eigenvalue weighted by Crippen LogP contribution is -2.19. The fraction of sp³-hybridized carbons (Fsp3) is 0.294. The molecule has 106 valence electrons. The van der Waals surface area contributed by atoms with E-state index in [1.54, 1.807) is 6.07 Å². The number of hydrogen-bond acceptors (Lipinski definition) is 1. The zero-order chi connectivity index (χ0) is 14.7. The van der Waals surface area contributed by atoms with Gasteiger partial charge in [0.2, 0.25) is 0 Å². The van der Waals surface area contributed by atoms with E-state index in [-0.39, 0.29) is 11.9 Å². The van der Waals surface area contributed by atoms with Gasteiger partial charge >= 0.3 is 0 Å². The standard InChI is InChI=1S/C17H19BrFN/c1-11-6-12(2)8-14(7-11)13(3)20-10-15-9-16(18)4-5-17(15)19/h4-9,13,20H,10H2,1-3H3. The maximum atomic E-state index is 13.7. The lowest BCUT2D eigenvalue weighted by Gasteiger charge is -2.16. The van der Waals surface area contributed by atoms with E-state index in [0.717, 1.165) is 4.47 Å². The fourth-order valence-electron chi connectivity index (χ4n) is 2.32. The van der Waals surface area contributed by atoms with E-state index in [1.165, 1.54) is 22.8 Å². The summed E-state index contributed by atoms with van der Waals surface area (Å²) in [5.41, 5.74) is 4.41. The molecule has 2 aromatic rings. The lowest BCUT2D eigenvalue weighted by atomic mass is 10.0. The van der Waals surface area contributed by atoms with Gasteiger partial charge in [-0.3, -0.25) is 0 Å². The van der Waals surface area contributed by atoms with E-state index in [0.29, 0.717) is 12.1 Å². The van der Waals surface area contributed by atoms with Crippen LogP contribution in [0.1, 0.15) is 35.2 Å². The second-order valence-electron chi connectivity index (χ2n) is 5.26. The van der Waals surface area contributed by atoms with Gasteiger partial charge in [0.25, 0.3) is 0 Å². The van der Waals surface area contributed by atoms with Crippen LogP contribution in [-0.2, 0) is 6.54 Å². The van der Waals surface area contributed by atoms with Gasteiger partial charge in [-0.15, -0.1) is 0 Å². The first kappa shape index (κ1) is 15.2. The van der Waals surface area contributed by atoms with Crippen molar-refractivity contribution in [1.29, 1.82) is 0 Å². The first-order valence-corrected chi connectivity index (χ1v) is 7.50. The van der Waals surface area contributed by atoms with Crippen molar-refractivity contribution in [1.82, 2.24) is 5.32 Å². The summed E-state index contributed by atoms with van der Waals surface area (Å²) in [4.78, 5) is 0. The van der Waals surface area contributed by atoms with Crippen LogP contribution in [0.15, 0.2) is 40.9 Å². The number of halogens is 2. The minimum atomic E-state index is -0.173. The molecule has 0 saturated carbocycles. The highest BCUT2D eigenvalue weighted by Gasteiger charge is 2.08. The van der Waals surface area contributed by atoms with Crippen LogP contribution < -0.4 is 5.32 Å². The maximum absolute atomic E-state index is 13.7. The van der Waals surface area contributed by atoms with Crippen molar-refractivity contribution in [2.24, 2.45) is 0 Å². The first-order chi connectivity index (χ1) is 9.45. The van der Waals surface area contributed by atoms with Gasteiger partial charge < -0.3 is 5.32 Å².